The minimum atomic E-state index is -0.545. The van der Waals surface area contributed by atoms with Gasteiger partial charge in [-0.05, 0) is 36.8 Å². The van der Waals surface area contributed by atoms with E-state index in [0.29, 0.717) is 35.0 Å². The van der Waals surface area contributed by atoms with Crippen molar-refractivity contribution in [2.24, 2.45) is 0 Å². The highest BCUT2D eigenvalue weighted by molar-refractivity contribution is 6.01. The molecule has 8 heteroatoms. The predicted molar refractivity (Wildman–Crippen MR) is 112 cm³/mol. The van der Waals surface area contributed by atoms with Gasteiger partial charge < -0.3 is 24.6 Å². The van der Waals surface area contributed by atoms with Gasteiger partial charge in [0.15, 0.2) is 12.7 Å². The summed E-state index contributed by atoms with van der Waals surface area (Å²) >= 11 is 0. The van der Waals surface area contributed by atoms with Crippen LogP contribution in [0.5, 0.6) is 11.5 Å². The van der Waals surface area contributed by atoms with Gasteiger partial charge in [0.25, 0.3) is 11.8 Å². The Hall–Kier alpha value is -3.55. The molecule has 2 heterocycles. The number of rotatable bonds is 5. The fourth-order valence-electron chi connectivity index (χ4n) is 3.55. The molecule has 1 atom stereocenters. The number of hydrogen-bond donors (Lipinski definition) is 1. The molecule has 2 aliphatic rings. The number of likely N-dealkylation sites (N-methyl/N-ethyl adjacent to an activating group) is 1. The Morgan fingerprint density at radius 2 is 1.93 bits per heavy atom. The van der Waals surface area contributed by atoms with E-state index in [1.54, 1.807) is 30.1 Å². The van der Waals surface area contributed by atoms with E-state index in [2.05, 4.69) is 5.32 Å². The summed E-state index contributed by atoms with van der Waals surface area (Å²) in [6, 6.07) is 12.5. The van der Waals surface area contributed by atoms with Gasteiger partial charge in [-0.2, -0.15) is 0 Å². The van der Waals surface area contributed by atoms with Crippen molar-refractivity contribution in [3.8, 4) is 11.5 Å². The largest absolute Gasteiger partial charge is 0.482 e. The van der Waals surface area contributed by atoms with E-state index in [1.165, 1.54) is 4.90 Å². The van der Waals surface area contributed by atoms with Crippen LogP contribution in [-0.4, -0.2) is 44.0 Å². The van der Waals surface area contributed by atoms with Gasteiger partial charge in [0, 0.05) is 25.7 Å². The summed E-state index contributed by atoms with van der Waals surface area (Å²) in [7, 11) is 1.67. The molecular formula is C22H23N3O5. The Morgan fingerprint density at radius 3 is 2.73 bits per heavy atom. The third-order valence-corrected chi connectivity index (χ3v) is 5.23. The van der Waals surface area contributed by atoms with Crippen LogP contribution in [0.25, 0.3) is 0 Å². The van der Waals surface area contributed by atoms with Crippen molar-refractivity contribution < 1.29 is 23.9 Å². The van der Waals surface area contributed by atoms with E-state index < -0.39 is 6.10 Å². The molecule has 156 valence electrons. The highest BCUT2D eigenvalue weighted by atomic mass is 16.5. The number of fused-ring (bicyclic) bond motifs is 2. The molecule has 4 rings (SSSR count). The predicted octanol–water partition coefficient (Wildman–Crippen LogP) is 2.57. The molecule has 2 aromatic carbocycles. The molecule has 0 aromatic heterocycles. The SMILES string of the molecule is CCC1Oc2ccccc2N(CCC(=O)Nc2ccc3c(c2)N(C)C(=O)CO3)C1=O. The third-order valence-electron chi connectivity index (χ3n) is 5.23. The maximum absolute atomic E-state index is 12.7. The molecular weight excluding hydrogens is 386 g/mol. The number of anilines is 3. The van der Waals surface area contributed by atoms with Crippen molar-refractivity contribution in [1.82, 2.24) is 0 Å². The number of benzene rings is 2. The second-order valence-electron chi connectivity index (χ2n) is 7.19. The summed E-state index contributed by atoms with van der Waals surface area (Å²) in [5.74, 6) is 0.712. The average molecular weight is 409 g/mol. The number of hydrogen-bond acceptors (Lipinski definition) is 5. The number of carbonyl (C=O) groups is 3. The lowest BCUT2D eigenvalue weighted by atomic mass is 10.1. The molecule has 3 amide bonds. The van der Waals surface area contributed by atoms with Gasteiger partial charge in [-0.1, -0.05) is 19.1 Å². The molecule has 0 aliphatic carbocycles. The van der Waals surface area contributed by atoms with Crippen LogP contribution in [0.3, 0.4) is 0 Å². The fourth-order valence-corrected chi connectivity index (χ4v) is 3.55. The Labute approximate surface area is 174 Å². The summed E-state index contributed by atoms with van der Waals surface area (Å²) < 4.78 is 11.2. The molecule has 8 nitrogen and oxygen atoms in total. The summed E-state index contributed by atoms with van der Waals surface area (Å²) in [6.45, 7) is 2.14. The van der Waals surface area contributed by atoms with Crippen molar-refractivity contribution in [1.29, 1.82) is 0 Å². The molecule has 30 heavy (non-hydrogen) atoms. The Morgan fingerprint density at radius 1 is 1.13 bits per heavy atom. The second kappa shape index (κ2) is 8.06. The lowest BCUT2D eigenvalue weighted by Crippen LogP contribution is -2.46. The zero-order valence-electron chi connectivity index (χ0n) is 16.9. The first kappa shape index (κ1) is 19.8. The van der Waals surface area contributed by atoms with E-state index in [1.807, 2.05) is 31.2 Å². The molecule has 0 spiro atoms. The van der Waals surface area contributed by atoms with E-state index in [-0.39, 0.29) is 37.3 Å². The molecule has 0 fully saturated rings. The number of nitrogens with zero attached hydrogens (tertiary/aromatic N) is 2. The van der Waals surface area contributed by atoms with Gasteiger partial charge in [0.05, 0.1) is 11.4 Å². The van der Waals surface area contributed by atoms with Crippen LogP contribution in [-0.2, 0) is 14.4 Å². The molecule has 0 radical (unpaired) electrons. The summed E-state index contributed by atoms with van der Waals surface area (Å²) in [5.41, 5.74) is 1.84. The first-order valence-corrected chi connectivity index (χ1v) is 9.88. The van der Waals surface area contributed by atoms with Gasteiger partial charge in [-0.3, -0.25) is 14.4 Å². The van der Waals surface area contributed by atoms with Crippen molar-refractivity contribution >= 4 is 34.8 Å². The van der Waals surface area contributed by atoms with Crippen LogP contribution in [0.2, 0.25) is 0 Å². The number of para-hydroxylation sites is 2. The average Bonchev–Trinajstić information content (AvgIpc) is 2.75. The fraction of sp³-hybridized carbons (Fsp3) is 0.318. The smallest absolute Gasteiger partial charge is 0.268 e. The lowest BCUT2D eigenvalue weighted by Gasteiger charge is -2.34. The van der Waals surface area contributed by atoms with Crippen LogP contribution in [0, 0.1) is 0 Å². The van der Waals surface area contributed by atoms with E-state index >= 15 is 0 Å². The first-order valence-electron chi connectivity index (χ1n) is 9.88. The zero-order chi connectivity index (χ0) is 21.3. The van der Waals surface area contributed by atoms with Crippen molar-refractivity contribution in [2.75, 3.05) is 35.3 Å². The number of ether oxygens (including phenoxy) is 2. The van der Waals surface area contributed by atoms with Crippen LogP contribution < -0.4 is 24.6 Å². The number of amides is 3. The maximum atomic E-state index is 12.7. The first-order chi connectivity index (χ1) is 14.5. The Kier molecular flexibility index (Phi) is 5.31. The van der Waals surface area contributed by atoms with Gasteiger partial charge in [0.1, 0.15) is 11.5 Å². The van der Waals surface area contributed by atoms with Gasteiger partial charge in [-0.15, -0.1) is 0 Å². The minimum absolute atomic E-state index is 0.00299. The van der Waals surface area contributed by atoms with Crippen LogP contribution in [0.1, 0.15) is 19.8 Å². The van der Waals surface area contributed by atoms with Crippen molar-refractivity contribution in [2.45, 2.75) is 25.9 Å². The summed E-state index contributed by atoms with van der Waals surface area (Å²) in [6.07, 6.45) is 0.134. The highest BCUT2D eigenvalue weighted by Gasteiger charge is 2.33. The molecule has 1 N–H and O–H groups in total. The van der Waals surface area contributed by atoms with E-state index in [4.69, 9.17) is 9.47 Å². The van der Waals surface area contributed by atoms with Crippen molar-refractivity contribution in [3.05, 3.63) is 42.5 Å². The van der Waals surface area contributed by atoms with Crippen LogP contribution in [0.4, 0.5) is 17.1 Å². The van der Waals surface area contributed by atoms with Crippen molar-refractivity contribution in [3.63, 3.8) is 0 Å². The van der Waals surface area contributed by atoms with Crippen LogP contribution >= 0.6 is 0 Å². The number of nitrogens with one attached hydrogen (secondary N) is 1. The number of carbonyl (C=O) groups excluding carboxylic acids is 3. The highest BCUT2D eigenvalue weighted by Crippen LogP contribution is 2.35. The van der Waals surface area contributed by atoms with Gasteiger partial charge in [0.2, 0.25) is 5.91 Å². The summed E-state index contributed by atoms with van der Waals surface area (Å²) in [5, 5.41) is 2.83. The molecule has 0 bridgehead atoms. The summed E-state index contributed by atoms with van der Waals surface area (Å²) in [4.78, 5) is 40.2. The molecule has 2 aromatic rings. The normalized spacial score (nSPS) is 17.6. The molecule has 0 saturated heterocycles. The topological polar surface area (TPSA) is 88.2 Å². The second-order valence-corrected chi connectivity index (χ2v) is 7.19. The zero-order valence-corrected chi connectivity index (χ0v) is 16.9. The lowest BCUT2D eigenvalue weighted by molar-refractivity contribution is -0.126. The van der Waals surface area contributed by atoms with E-state index in [9.17, 15) is 14.4 Å². The minimum Gasteiger partial charge on any atom is -0.482 e. The van der Waals surface area contributed by atoms with Gasteiger partial charge in [-0.25, -0.2) is 0 Å². The Bertz CT molecular complexity index is 1010. The monoisotopic (exact) mass is 409 g/mol. The molecule has 1 unspecified atom stereocenters. The van der Waals surface area contributed by atoms with Crippen LogP contribution in [0.15, 0.2) is 42.5 Å². The standard InChI is InChI=1S/C22H23N3O5/c1-3-17-22(28)25(15-6-4-5-7-19(15)30-17)11-10-20(26)23-14-8-9-18-16(12-14)24(2)21(27)13-29-18/h4-9,12,17H,3,10-11,13H2,1-2H3,(H,23,26). The van der Waals surface area contributed by atoms with Gasteiger partial charge >= 0.3 is 0 Å². The maximum Gasteiger partial charge on any atom is 0.268 e. The third kappa shape index (κ3) is 3.68. The quantitative estimate of drug-likeness (QED) is 0.820. The Balaban J connectivity index is 1.44. The molecule has 2 aliphatic heterocycles. The van der Waals surface area contributed by atoms with E-state index in [0.717, 1.165) is 0 Å². The molecule has 0 saturated carbocycles.